The van der Waals surface area contributed by atoms with Crippen LogP contribution >= 0.6 is 0 Å². The minimum absolute atomic E-state index is 0.00245. The molecule has 8 amide bonds. The van der Waals surface area contributed by atoms with E-state index >= 15 is 4.39 Å². The van der Waals surface area contributed by atoms with E-state index in [4.69, 9.17) is 10.7 Å². The van der Waals surface area contributed by atoms with Gasteiger partial charge in [-0.05, 0) is 80.5 Å². The van der Waals surface area contributed by atoms with Crippen LogP contribution < -0.4 is 32.3 Å². The van der Waals surface area contributed by atoms with E-state index in [0.29, 0.717) is 31.5 Å². The summed E-state index contributed by atoms with van der Waals surface area (Å²) in [6.45, 7) is 9.94. The van der Waals surface area contributed by atoms with Gasteiger partial charge in [-0.1, -0.05) is 71.4 Å². The molecule has 420 valence electrons. The first kappa shape index (κ1) is 62.1. The second-order valence-corrected chi connectivity index (χ2v) is 20.4. The lowest BCUT2D eigenvalue weighted by atomic mass is 9.84. The predicted molar refractivity (Wildman–Crippen MR) is 279 cm³/mol. The van der Waals surface area contributed by atoms with Gasteiger partial charge in [-0.25, -0.2) is 18.6 Å². The molecule has 0 spiro atoms. The quantitative estimate of drug-likeness (QED) is 0.0340. The fourth-order valence-corrected chi connectivity index (χ4v) is 8.58. The number of nitrogens with two attached hydrogens (primary N) is 1. The number of unbranched alkanes of at least 4 members (excludes halogenated alkanes) is 3. The maximum atomic E-state index is 15.1. The standard InChI is InChI=1S/C54H74F2N10O11/c1-33(2)47(63-43(69)18-11-8-14-27-65-44(70)21-22-45(65)71)52(75)60-34(3)50(73)62-40(53(76)77)17-12-13-25-58-42(68)23-26-59-51(74)39(57)24-28-66(46(72)32-67)48(54(4,5)6)49-61-41(37-29-36(55)19-20-38(37)56)31-64(49)30-35-15-9-7-10-16-35/h7,9-10,15-16,19-22,29,31,33-34,39-40,47-48,67H,8,11-14,17-18,23-28,30,32,57H2,1-6H3,(H,58,68)(H,59,74)(H,60,75)(H,62,73)(H,63,69)(H,76,77)/t34?,39?,40?,47-,48?/m0/s1. The van der Waals surface area contributed by atoms with E-state index in [9.17, 15) is 57.8 Å². The van der Waals surface area contributed by atoms with Crippen molar-refractivity contribution in [2.75, 3.05) is 32.8 Å². The van der Waals surface area contributed by atoms with E-state index < -0.39 is 95.3 Å². The lowest BCUT2D eigenvalue weighted by molar-refractivity contribution is -0.142. The molecule has 0 bridgehead atoms. The minimum atomic E-state index is -1.31. The SMILES string of the molecule is CC(NC(=O)[C@@H](NC(=O)CCCCCN1C(=O)C=CC1=O)C(C)C)C(=O)NC(CCCCNC(=O)CCNC(=O)C(N)CCN(C(=O)CO)C(c1nc(-c2cc(F)ccc2F)cn1Cc1ccccc1)C(C)(C)C)C(=O)O. The van der Waals surface area contributed by atoms with E-state index in [-0.39, 0.29) is 93.8 Å². The molecule has 3 aromatic rings. The van der Waals surface area contributed by atoms with Crippen LogP contribution in [0, 0.1) is 23.0 Å². The smallest absolute Gasteiger partial charge is 0.326 e. The lowest BCUT2D eigenvalue weighted by Gasteiger charge is -2.40. The molecule has 2 aromatic carbocycles. The number of aliphatic hydroxyl groups excluding tert-OH is 1. The molecule has 77 heavy (non-hydrogen) atoms. The predicted octanol–water partition coefficient (Wildman–Crippen LogP) is 3.00. The number of carbonyl (C=O) groups excluding carboxylic acids is 8. The molecule has 0 saturated heterocycles. The third-order valence-corrected chi connectivity index (χ3v) is 12.8. The Morgan fingerprint density at radius 1 is 0.779 bits per heavy atom. The molecule has 0 radical (unpaired) electrons. The van der Waals surface area contributed by atoms with Crippen LogP contribution in [0.2, 0.25) is 0 Å². The molecule has 9 N–H and O–H groups in total. The van der Waals surface area contributed by atoms with E-state index in [0.717, 1.165) is 28.7 Å². The van der Waals surface area contributed by atoms with Gasteiger partial charge in [-0.2, -0.15) is 0 Å². The van der Waals surface area contributed by atoms with E-state index in [1.807, 2.05) is 51.1 Å². The number of halogens is 2. The first-order valence-corrected chi connectivity index (χ1v) is 25.8. The molecule has 23 heteroatoms. The highest BCUT2D eigenvalue weighted by molar-refractivity contribution is 6.12. The Labute approximate surface area is 447 Å². The third-order valence-electron chi connectivity index (χ3n) is 12.8. The fourth-order valence-electron chi connectivity index (χ4n) is 8.58. The molecule has 21 nitrogen and oxygen atoms in total. The molecular weight excluding hydrogens is 1000 g/mol. The maximum Gasteiger partial charge on any atom is 0.326 e. The summed E-state index contributed by atoms with van der Waals surface area (Å²) in [6.07, 6.45) is 6.03. The number of amides is 8. The van der Waals surface area contributed by atoms with Gasteiger partial charge in [0.15, 0.2) is 0 Å². The van der Waals surface area contributed by atoms with Crippen molar-refractivity contribution in [2.24, 2.45) is 17.1 Å². The number of nitrogens with zero attached hydrogens (tertiary/aromatic N) is 4. The summed E-state index contributed by atoms with van der Waals surface area (Å²) in [5, 5.41) is 32.9. The first-order valence-electron chi connectivity index (χ1n) is 25.8. The molecule has 4 unspecified atom stereocenters. The van der Waals surface area contributed by atoms with Gasteiger partial charge in [0.25, 0.3) is 11.8 Å². The van der Waals surface area contributed by atoms with Gasteiger partial charge in [-0.15, -0.1) is 0 Å². The van der Waals surface area contributed by atoms with Crippen LogP contribution in [0.15, 0.2) is 66.9 Å². The minimum Gasteiger partial charge on any atom is -0.480 e. The van der Waals surface area contributed by atoms with Crippen LogP contribution in [0.4, 0.5) is 8.78 Å². The molecule has 5 atom stereocenters. The summed E-state index contributed by atoms with van der Waals surface area (Å²) < 4.78 is 31.2. The van der Waals surface area contributed by atoms with Gasteiger partial charge in [0, 0.05) is 69.5 Å². The second-order valence-electron chi connectivity index (χ2n) is 20.4. The molecule has 0 fully saturated rings. The van der Waals surface area contributed by atoms with Crippen LogP contribution in [-0.4, -0.2) is 140 Å². The Balaban J connectivity index is 1.21. The number of benzene rings is 2. The summed E-state index contributed by atoms with van der Waals surface area (Å²) in [7, 11) is 0. The Kier molecular flexibility index (Phi) is 24.0. The highest BCUT2D eigenvalue weighted by Crippen LogP contribution is 2.39. The van der Waals surface area contributed by atoms with Crippen molar-refractivity contribution >= 4 is 53.2 Å². The molecule has 0 saturated carbocycles. The zero-order valence-corrected chi connectivity index (χ0v) is 44.6. The Morgan fingerprint density at radius 3 is 2.10 bits per heavy atom. The molecular formula is C54H74F2N10O11. The highest BCUT2D eigenvalue weighted by Gasteiger charge is 2.39. The Hall–Kier alpha value is -7.40. The summed E-state index contributed by atoms with van der Waals surface area (Å²) in [5.41, 5.74) is 6.43. The number of rotatable bonds is 31. The number of carbonyl (C=O) groups is 9. The summed E-state index contributed by atoms with van der Waals surface area (Å²) >= 11 is 0. The Bertz CT molecular complexity index is 2570. The number of imidazole rings is 1. The van der Waals surface area contributed by atoms with Crippen LogP contribution in [0.3, 0.4) is 0 Å². The van der Waals surface area contributed by atoms with Gasteiger partial charge >= 0.3 is 5.97 Å². The number of aliphatic hydroxyl groups is 1. The number of hydrogen-bond acceptors (Lipinski definition) is 12. The second kappa shape index (κ2) is 29.8. The topological polar surface area (TPSA) is 305 Å². The zero-order valence-electron chi connectivity index (χ0n) is 44.6. The average Bonchev–Trinajstić information content (AvgIpc) is 3.93. The average molecular weight is 1080 g/mol. The van der Waals surface area contributed by atoms with Gasteiger partial charge in [0.05, 0.1) is 17.8 Å². The number of nitrogens with one attached hydrogen (secondary N) is 5. The summed E-state index contributed by atoms with van der Waals surface area (Å²) in [4.78, 5) is 121. The number of carboxylic acids is 1. The molecule has 1 aliphatic rings. The van der Waals surface area contributed by atoms with Crippen molar-refractivity contribution in [3.8, 4) is 11.3 Å². The summed E-state index contributed by atoms with van der Waals surface area (Å²) in [6, 6.07) is 6.89. The van der Waals surface area contributed by atoms with Crippen LogP contribution in [0.25, 0.3) is 11.3 Å². The number of aliphatic carboxylic acids is 1. The molecule has 1 aliphatic heterocycles. The summed E-state index contributed by atoms with van der Waals surface area (Å²) in [5.74, 6) is -6.96. The molecule has 4 rings (SSSR count). The Morgan fingerprint density at radius 2 is 1.47 bits per heavy atom. The van der Waals surface area contributed by atoms with Crippen LogP contribution in [0.1, 0.15) is 117 Å². The number of carboxylic acid groups (broad SMARTS) is 1. The number of hydrogen-bond donors (Lipinski definition) is 8. The normalized spacial score (nSPS) is 14.4. The van der Waals surface area contributed by atoms with E-state index in [2.05, 4.69) is 26.6 Å². The highest BCUT2D eigenvalue weighted by atomic mass is 19.1. The third kappa shape index (κ3) is 19.3. The number of aromatic nitrogens is 2. The van der Waals surface area contributed by atoms with Crippen molar-refractivity contribution in [3.05, 3.63) is 89.9 Å². The monoisotopic (exact) mass is 1080 g/mol. The molecule has 1 aromatic heterocycles. The molecule has 0 aliphatic carbocycles. The van der Waals surface area contributed by atoms with Crippen molar-refractivity contribution in [1.29, 1.82) is 0 Å². The van der Waals surface area contributed by atoms with Gasteiger partial charge in [0.2, 0.25) is 35.4 Å². The van der Waals surface area contributed by atoms with Crippen molar-refractivity contribution in [3.63, 3.8) is 0 Å². The molecule has 2 heterocycles. The van der Waals surface area contributed by atoms with Gasteiger partial charge < -0.3 is 52.0 Å². The zero-order chi connectivity index (χ0) is 57.0. The van der Waals surface area contributed by atoms with E-state index in [1.165, 1.54) is 24.0 Å². The fraction of sp³-hybridized carbons (Fsp3) is 0.519. The van der Waals surface area contributed by atoms with E-state index in [1.54, 1.807) is 24.6 Å². The number of imide groups is 1. The van der Waals surface area contributed by atoms with Crippen molar-refractivity contribution in [1.82, 2.24) is 45.9 Å². The van der Waals surface area contributed by atoms with Gasteiger partial charge in [-0.3, -0.25) is 43.3 Å². The maximum absolute atomic E-state index is 15.1. The van der Waals surface area contributed by atoms with Crippen molar-refractivity contribution in [2.45, 2.75) is 136 Å². The van der Waals surface area contributed by atoms with Crippen LogP contribution in [0.5, 0.6) is 0 Å². The van der Waals surface area contributed by atoms with Crippen LogP contribution in [-0.2, 0) is 49.7 Å². The lowest BCUT2D eigenvalue weighted by Crippen LogP contribution is -2.56. The largest absolute Gasteiger partial charge is 0.480 e. The van der Waals surface area contributed by atoms with Crippen molar-refractivity contribution < 1.29 is 62.1 Å². The first-order chi connectivity index (χ1) is 36.4. The van der Waals surface area contributed by atoms with Gasteiger partial charge in [0.1, 0.15) is 42.2 Å².